The van der Waals surface area contributed by atoms with Gasteiger partial charge in [0, 0.05) is 28.6 Å². The lowest BCUT2D eigenvalue weighted by Gasteiger charge is -2.14. The van der Waals surface area contributed by atoms with Gasteiger partial charge in [0.05, 0.1) is 4.92 Å². The van der Waals surface area contributed by atoms with Crippen molar-refractivity contribution in [3.8, 4) is 0 Å². The van der Waals surface area contributed by atoms with Gasteiger partial charge in [-0.3, -0.25) is 14.9 Å². The van der Waals surface area contributed by atoms with Crippen molar-refractivity contribution in [2.24, 2.45) is 5.92 Å². The summed E-state index contributed by atoms with van der Waals surface area (Å²) in [6.45, 7) is 6.31. The van der Waals surface area contributed by atoms with Gasteiger partial charge < -0.3 is 5.32 Å². The van der Waals surface area contributed by atoms with E-state index in [0.717, 1.165) is 6.42 Å². The van der Waals surface area contributed by atoms with Crippen LogP contribution in [0, 0.1) is 23.0 Å². The number of nitrogens with zero attached hydrogens (tertiary/aromatic N) is 1. The van der Waals surface area contributed by atoms with Crippen LogP contribution < -0.4 is 5.32 Å². The van der Waals surface area contributed by atoms with Crippen LogP contribution in [0.4, 0.5) is 5.69 Å². The molecule has 0 aliphatic carbocycles. The average molecular weight is 343 g/mol. The second-order valence-electron chi connectivity index (χ2n) is 5.14. The predicted molar refractivity (Wildman–Crippen MR) is 82.3 cm³/mol. The summed E-state index contributed by atoms with van der Waals surface area (Å²) >= 11 is 3.51. The van der Waals surface area contributed by atoms with E-state index in [4.69, 9.17) is 0 Å². The van der Waals surface area contributed by atoms with E-state index < -0.39 is 4.92 Å². The van der Waals surface area contributed by atoms with Crippen molar-refractivity contribution in [2.75, 3.05) is 6.54 Å². The van der Waals surface area contributed by atoms with Gasteiger partial charge in [0.25, 0.3) is 11.6 Å². The number of alkyl halides is 1. The first-order valence-corrected chi connectivity index (χ1v) is 7.40. The lowest BCUT2D eigenvalue weighted by atomic mass is 10.1. The molecule has 5 nitrogen and oxygen atoms in total. The molecule has 0 radical (unpaired) electrons. The number of hydrogen-bond donors (Lipinski definition) is 1. The highest BCUT2D eigenvalue weighted by molar-refractivity contribution is 9.09. The van der Waals surface area contributed by atoms with E-state index in [2.05, 4.69) is 35.1 Å². The Balaban J connectivity index is 2.74. The summed E-state index contributed by atoms with van der Waals surface area (Å²) in [5.74, 6) is 0.259. The molecule has 0 saturated heterocycles. The fourth-order valence-corrected chi connectivity index (χ4v) is 2.87. The molecule has 1 unspecified atom stereocenters. The molecule has 6 heteroatoms. The minimum atomic E-state index is -0.474. The summed E-state index contributed by atoms with van der Waals surface area (Å²) in [5, 5.41) is 13.7. The van der Waals surface area contributed by atoms with Gasteiger partial charge in [-0.2, -0.15) is 0 Å². The molecule has 110 valence electrons. The van der Waals surface area contributed by atoms with E-state index in [1.807, 2.05) is 0 Å². The Morgan fingerprint density at radius 3 is 2.65 bits per heavy atom. The highest BCUT2D eigenvalue weighted by Crippen LogP contribution is 2.21. The van der Waals surface area contributed by atoms with E-state index in [0.29, 0.717) is 23.6 Å². The SMILES string of the molecule is Cc1c(C(=O)NCC(Br)CC(C)C)cccc1[N+](=O)[O-]. The fraction of sp³-hybridized carbons (Fsp3) is 0.500. The molecule has 20 heavy (non-hydrogen) atoms. The molecule has 0 spiro atoms. The molecule has 1 amide bonds. The van der Waals surface area contributed by atoms with Gasteiger partial charge >= 0.3 is 0 Å². The number of nitro groups is 1. The zero-order valence-corrected chi connectivity index (χ0v) is 13.4. The molecule has 0 aliphatic heterocycles. The first kappa shape index (κ1) is 16.6. The maximum Gasteiger partial charge on any atom is 0.273 e. The van der Waals surface area contributed by atoms with Gasteiger partial charge in [-0.1, -0.05) is 35.8 Å². The molecule has 0 fully saturated rings. The van der Waals surface area contributed by atoms with Gasteiger partial charge in [0.1, 0.15) is 0 Å². The van der Waals surface area contributed by atoms with Crippen LogP contribution in [0.3, 0.4) is 0 Å². The van der Waals surface area contributed by atoms with Gasteiger partial charge in [0.15, 0.2) is 0 Å². The quantitative estimate of drug-likeness (QED) is 0.489. The molecule has 0 aromatic heterocycles. The summed E-state index contributed by atoms with van der Waals surface area (Å²) in [5.41, 5.74) is 0.712. The third-order valence-corrected chi connectivity index (χ3v) is 3.66. The smallest absolute Gasteiger partial charge is 0.273 e. The predicted octanol–water partition coefficient (Wildman–Crippen LogP) is 3.44. The van der Waals surface area contributed by atoms with Gasteiger partial charge in [-0.05, 0) is 25.3 Å². The number of hydrogen-bond acceptors (Lipinski definition) is 3. The second-order valence-corrected chi connectivity index (χ2v) is 6.44. The Bertz CT molecular complexity index is 503. The standard InChI is InChI=1S/C14H19BrN2O3/c1-9(2)7-11(15)8-16-14(18)12-5-4-6-13(10(12)3)17(19)20/h4-6,9,11H,7-8H2,1-3H3,(H,16,18). The zero-order chi connectivity index (χ0) is 15.3. The second kappa shape index (κ2) is 7.38. The molecule has 1 aromatic rings. The first-order chi connectivity index (χ1) is 9.32. The van der Waals surface area contributed by atoms with Gasteiger partial charge in [-0.15, -0.1) is 0 Å². The molecule has 0 saturated carbocycles. The van der Waals surface area contributed by atoms with Crippen molar-refractivity contribution in [3.05, 3.63) is 39.4 Å². The molecule has 0 bridgehead atoms. The minimum Gasteiger partial charge on any atom is -0.351 e. The Hall–Kier alpha value is -1.43. The molecule has 1 atom stereocenters. The van der Waals surface area contributed by atoms with Crippen LogP contribution in [-0.2, 0) is 0 Å². The number of halogens is 1. The molecule has 1 rings (SSSR count). The van der Waals surface area contributed by atoms with Gasteiger partial charge in [-0.25, -0.2) is 0 Å². The van der Waals surface area contributed by atoms with Crippen molar-refractivity contribution in [1.29, 1.82) is 0 Å². The number of amides is 1. The Morgan fingerprint density at radius 1 is 1.45 bits per heavy atom. The van der Waals surface area contributed by atoms with Crippen LogP contribution in [0.5, 0.6) is 0 Å². The highest BCUT2D eigenvalue weighted by Gasteiger charge is 2.18. The minimum absolute atomic E-state index is 0.0322. The summed E-state index contributed by atoms with van der Waals surface area (Å²) in [6.07, 6.45) is 0.953. The van der Waals surface area contributed by atoms with Crippen molar-refractivity contribution < 1.29 is 9.72 Å². The topological polar surface area (TPSA) is 72.2 Å². The molecule has 0 aliphatic rings. The van der Waals surface area contributed by atoms with Crippen molar-refractivity contribution in [2.45, 2.75) is 32.0 Å². The van der Waals surface area contributed by atoms with E-state index >= 15 is 0 Å². The Labute approximate surface area is 127 Å². The maximum absolute atomic E-state index is 12.1. The van der Waals surface area contributed by atoms with Crippen molar-refractivity contribution in [1.82, 2.24) is 5.32 Å². The number of nitrogens with one attached hydrogen (secondary N) is 1. The largest absolute Gasteiger partial charge is 0.351 e. The van der Waals surface area contributed by atoms with E-state index in [-0.39, 0.29) is 16.4 Å². The third-order valence-electron chi connectivity index (χ3n) is 2.96. The van der Waals surface area contributed by atoms with E-state index in [1.54, 1.807) is 13.0 Å². The van der Waals surface area contributed by atoms with Crippen LogP contribution in [0.25, 0.3) is 0 Å². The van der Waals surface area contributed by atoms with E-state index in [9.17, 15) is 14.9 Å². The third kappa shape index (κ3) is 4.59. The highest BCUT2D eigenvalue weighted by atomic mass is 79.9. The first-order valence-electron chi connectivity index (χ1n) is 6.49. The molecule has 1 N–H and O–H groups in total. The lowest BCUT2D eigenvalue weighted by molar-refractivity contribution is -0.385. The molecular formula is C14H19BrN2O3. The van der Waals surface area contributed by atoms with Crippen LogP contribution in [0.15, 0.2) is 18.2 Å². The summed E-state index contributed by atoms with van der Waals surface area (Å²) in [6, 6.07) is 4.53. The Morgan fingerprint density at radius 2 is 2.10 bits per heavy atom. The zero-order valence-electron chi connectivity index (χ0n) is 11.9. The summed E-state index contributed by atoms with van der Waals surface area (Å²) < 4.78 is 0. The number of carbonyl (C=O) groups excluding carboxylic acids is 1. The van der Waals surface area contributed by atoms with Crippen LogP contribution in [0.2, 0.25) is 0 Å². The average Bonchev–Trinajstić information content (AvgIpc) is 2.35. The van der Waals surface area contributed by atoms with E-state index in [1.165, 1.54) is 12.1 Å². The molecular weight excluding hydrogens is 324 g/mol. The monoisotopic (exact) mass is 342 g/mol. The normalized spacial score (nSPS) is 12.2. The van der Waals surface area contributed by atoms with Gasteiger partial charge in [0.2, 0.25) is 0 Å². The summed E-state index contributed by atoms with van der Waals surface area (Å²) in [4.78, 5) is 22.7. The number of benzene rings is 1. The van der Waals surface area contributed by atoms with Crippen LogP contribution in [0.1, 0.15) is 36.2 Å². The summed E-state index contributed by atoms with van der Waals surface area (Å²) in [7, 11) is 0. The maximum atomic E-state index is 12.1. The number of carbonyl (C=O) groups is 1. The molecule has 0 heterocycles. The Kier molecular flexibility index (Phi) is 6.13. The molecule has 1 aromatic carbocycles. The van der Waals surface area contributed by atoms with Crippen molar-refractivity contribution in [3.63, 3.8) is 0 Å². The number of nitro benzene ring substituents is 1. The number of rotatable bonds is 6. The fourth-order valence-electron chi connectivity index (χ4n) is 1.96. The van der Waals surface area contributed by atoms with Crippen LogP contribution >= 0.6 is 15.9 Å². The lowest BCUT2D eigenvalue weighted by Crippen LogP contribution is -2.30. The van der Waals surface area contributed by atoms with Crippen LogP contribution in [-0.4, -0.2) is 22.2 Å². The van der Waals surface area contributed by atoms with Crippen molar-refractivity contribution >= 4 is 27.5 Å².